The van der Waals surface area contributed by atoms with Crippen molar-refractivity contribution in [3.63, 3.8) is 0 Å². The van der Waals surface area contributed by atoms with Crippen LogP contribution in [0.1, 0.15) is 151 Å². The molecule has 2 aromatic rings. The molecule has 0 heterocycles. The molecule has 0 radical (unpaired) electrons. The number of aryl methyl sites for hydroxylation is 1. The molecule has 0 fully saturated rings. The standard InChI is InChI=1S/C35H54O3/c1-4-6-8-10-12-13-14-15-17-19-29-37-30(3)32-25-27-34(28-26-32)38-35(36)33-23-21-31(22-24-33)20-18-16-11-9-7-5-2/h21-28,30H,4-20,29H2,1-3H3. The molecular formula is C35H54O3. The zero-order valence-electron chi connectivity index (χ0n) is 24.6. The highest BCUT2D eigenvalue weighted by molar-refractivity contribution is 5.91. The zero-order valence-corrected chi connectivity index (χ0v) is 24.6. The Bertz CT molecular complexity index is 840. The van der Waals surface area contributed by atoms with Crippen LogP contribution in [0.15, 0.2) is 48.5 Å². The summed E-state index contributed by atoms with van der Waals surface area (Å²) in [7, 11) is 0. The van der Waals surface area contributed by atoms with Crippen LogP contribution < -0.4 is 4.74 Å². The number of hydrogen-bond acceptors (Lipinski definition) is 3. The van der Waals surface area contributed by atoms with Gasteiger partial charge in [0, 0.05) is 6.61 Å². The van der Waals surface area contributed by atoms with Gasteiger partial charge in [0.25, 0.3) is 0 Å². The monoisotopic (exact) mass is 522 g/mol. The maximum Gasteiger partial charge on any atom is 0.343 e. The van der Waals surface area contributed by atoms with Crippen molar-refractivity contribution in [1.29, 1.82) is 0 Å². The molecule has 0 aliphatic rings. The Hall–Kier alpha value is -2.13. The molecule has 0 amide bonds. The van der Waals surface area contributed by atoms with Crippen LogP contribution in [0.3, 0.4) is 0 Å². The quantitative estimate of drug-likeness (QED) is 0.0876. The number of ether oxygens (including phenoxy) is 2. The van der Waals surface area contributed by atoms with Crippen LogP contribution in [0.2, 0.25) is 0 Å². The third-order valence-corrected chi connectivity index (χ3v) is 7.43. The van der Waals surface area contributed by atoms with E-state index in [4.69, 9.17) is 9.47 Å². The molecule has 3 heteroatoms. The molecule has 0 saturated carbocycles. The number of carbonyl (C=O) groups is 1. The number of rotatable bonds is 22. The van der Waals surface area contributed by atoms with E-state index in [9.17, 15) is 4.79 Å². The van der Waals surface area contributed by atoms with Gasteiger partial charge in [-0.25, -0.2) is 4.79 Å². The summed E-state index contributed by atoms with van der Waals surface area (Å²) in [6.07, 6.45) is 22.2. The maximum absolute atomic E-state index is 12.6. The number of hydrogen-bond donors (Lipinski definition) is 0. The maximum atomic E-state index is 12.6. The van der Waals surface area contributed by atoms with Gasteiger partial charge in [-0.3, -0.25) is 0 Å². The Morgan fingerprint density at radius 1 is 0.632 bits per heavy atom. The molecule has 38 heavy (non-hydrogen) atoms. The molecule has 0 aromatic heterocycles. The van der Waals surface area contributed by atoms with Gasteiger partial charge in [0.1, 0.15) is 5.75 Å². The highest BCUT2D eigenvalue weighted by Crippen LogP contribution is 2.22. The molecule has 0 aliphatic heterocycles. The lowest BCUT2D eigenvalue weighted by Crippen LogP contribution is -2.08. The van der Waals surface area contributed by atoms with Crippen LogP contribution in [0, 0.1) is 0 Å². The van der Waals surface area contributed by atoms with Gasteiger partial charge in [0.15, 0.2) is 0 Å². The molecule has 1 atom stereocenters. The fourth-order valence-electron chi connectivity index (χ4n) is 4.84. The minimum Gasteiger partial charge on any atom is -0.423 e. The molecule has 0 aliphatic carbocycles. The molecule has 0 spiro atoms. The average Bonchev–Trinajstić information content (AvgIpc) is 2.94. The summed E-state index contributed by atoms with van der Waals surface area (Å²) in [6.45, 7) is 7.40. The fourth-order valence-corrected chi connectivity index (χ4v) is 4.84. The topological polar surface area (TPSA) is 35.5 Å². The number of benzene rings is 2. The van der Waals surface area contributed by atoms with Crippen molar-refractivity contribution < 1.29 is 14.3 Å². The molecular weight excluding hydrogens is 468 g/mol. The van der Waals surface area contributed by atoms with Gasteiger partial charge in [-0.05, 0) is 61.6 Å². The molecule has 1 unspecified atom stereocenters. The summed E-state index contributed by atoms with van der Waals surface area (Å²) in [5, 5.41) is 0. The van der Waals surface area contributed by atoms with Crippen LogP contribution in [-0.4, -0.2) is 12.6 Å². The second kappa shape index (κ2) is 20.8. The van der Waals surface area contributed by atoms with Crippen molar-refractivity contribution in [1.82, 2.24) is 0 Å². The normalized spacial score (nSPS) is 12.0. The fraction of sp³-hybridized carbons (Fsp3) is 0.629. The summed E-state index contributed by atoms with van der Waals surface area (Å²) in [4.78, 5) is 12.6. The van der Waals surface area contributed by atoms with Crippen LogP contribution in [0.5, 0.6) is 5.75 Å². The van der Waals surface area contributed by atoms with E-state index >= 15 is 0 Å². The van der Waals surface area contributed by atoms with E-state index in [1.807, 2.05) is 36.4 Å². The second-order valence-corrected chi connectivity index (χ2v) is 10.9. The predicted octanol–water partition coefficient (Wildman–Crippen LogP) is 10.8. The number of esters is 1. The Morgan fingerprint density at radius 3 is 1.68 bits per heavy atom. The van der Waals surface area contributed by atoms with Gasteiger partial charge >= 0.3 is 5.97 Å². The summed E-state index contributed by atoms with van der Waals surface area (Å²) >= 11 is 0. The van der Waals surface area contributed by atoms with Crippen molar-refractivity contribution >= 4 is 5.97 Å². The third kappa shape index (κ3) is 14.1. The van der Waals surface area contributed by atoms with Gasteiger partial charge in [-0.2, -0.15) is 0 Å². The Labute approximate surface area is 233 Å². The van der Waals surface area contributed by atoms with E-state index in [1.54, 1.807) is 0 Å². The Kier molecular flexibility index (Phi) is 17.5. The summed E-state index contributed by atoms with van der Waals surface area (Å²) in [6, 6.07) is 15.6. The first-order valence-electron chi connectivity index (χ1n) is 15.7. The van der Waals surface area contributed by atoms with Crippen LogP contribution in [0.25, 0.3) is 0 Å². The first kappa shape index (κ1) is 32.1. The molecule has 0 saturated heterocycles. The van der Waals surface area contributed by atoms with Gasteiger partial charge < -0.3 is 9.47 Å². The van der Waals surface area contributed by atoms with Crippen molar-refractivity contribution in [2.45, 2.75) is 136 Å². The van der Waals surface area contributed by atoms with Crippen molar-refractivity contribution in [2.75, 3.05) is 6.61 Å². The van der Waals surface area contributed by atoms with Crippen LogP contribution >= 0.6 is 0 Å². The van der Waals surface area contributed by atoms with Crippen LogP contribution in [0.4, 0.5) is 0 Å². The Balaban J connectivity index is 1.61. The first-order chi connectivity index (χ1) is 18.6. The van der Waals surface area contributed by atoms with Crippen molar-refractivity contribution in [3.8, 4) is 5.75 Å². The molecule has 2 rings (SSSR count). The van der Waals surface area contributed by atoms with E-state index < -0.39 is 0 Å². The summed E-state index contributed by atoms with van der Waals surface area (Å²) in [5.41, 5.74) is 2.98. The van der Waals surface area contributed by atoms with Gasteiger partial charge in [-0.1, -0.05) is 128 Å². The third-order valence-electron chi connectivity index (χ3n) is 7.43. The largest absolute Gasteiger partial charge is 0.423 e. The predicted molar refractivity (Wildman–Crippen MR) is 161 cm³/mol. The molecule has 0 N–H and O–H groups in total. The van der Waals surface area contributed by atoms with Crippen molar-refractivity contribution in [2.24, 2.45) is 0 Å². The molecule has 0 bridgehead atoms. The van der Waals surface area contributed by atoms with Crippen molar-refractivity contribution in [3.05, 3.63) is 65.2 Å². The molecule has 2 aromatic carbocycles. The minimum atomic E-state index is -0.311. The van der Waals surface area contributed by atoms with Gasteiger partial charge in [-0.15, -0.1) is 0 Å². The van der Waals surface area contributed by atoms with E-state index in [0.29, 0.717) is 11.3 Å². The first-order valence-corrected chi connectivity index (χ1v) is 15.7. The minimum absolute atomic E-state index is 0.0394. The SMILES string of the molecule is CCCCCCCCCCCCOC(C)c1ccc(OC(=O)c2ccc(CCCCCCCC)cc2)cc1. The number of carbonyl (C=O) groups excluding carboxylic acids is 1. The smallest absolute Gasteiger partial charge is 0.343 e. The zero-order chi connectivity index (χ0) is 27.3. The Morgan fingerprint density at radius 2 is 1.13 bits per heavy atom. The highest BCUT2D eigenvalue weighted by atomic mass is 16.5. The number of unbranched alkanes of at least 4 members (excludes halogenated alkanes) is 14. The molecule has 212 valence electrons. The average molecular weight is 523 g/mol. The van der Waals surface area contributed by atoms with Crippen LogP contribution in [-0.2, 0) is 11.2 Å². The van der Waals surface area contributed by atoms with E-state index in [0.717, 1.165) is 25.0 Å². The second-order valence-electron chi connectivity index (χ2n) is 10.9. The van der Waals surface area contributed by atoms with Gasteiger partial charge in [0.05, 0.1) is 11.7 Å². The summed E-state index contributed by atoms with van der Waals surface area (Å²) in [5.74, 6) is 0.255. The van der Waals surface area contributed by atoms with E-state index in [-0.39, 0.29) is 12.1 Å². The van der Waals surface area contributed by atoms with E-state index in [1.165, 1.54) is 102 Å². The lowest BCUT2D eigenvalue weighted by molar-refractivity contribution is 0.0627. The lowest BCUT2D eigenvalue weighted by atomic mass is 10.0. The lowest BCUT2D eigenvalue weighted by Gasteiger charge is -2.14. The molecule has 3 nitrogen and oxygen atoms in total. The van der Waals surface area contributed by atoms with E-state index in [2.05, 4.69) is 32.9 Å². The van der Waals surface area contributed by atoms with Gasteiger partial charge in [0.2, 0.25) is 0 Å². The highest BCUT2D eigenvalue weighted by Gasteiger charge is 2.10. The summed E-state index contributed by atoms with van der Waals surface area (Å²) < 4.78 is 11.6.